The third kappa shape index (κ3) is 2.66. The minimum atomic E-state index is -3.80. The highest BCUT2D eigenvalue weighted by molar-refractivity contribution is 7.92. The minimum Gasteiger partial charge on any atom is -0.382 e. The van der Waals surface area contributed by atoms with Crippen LogP contribution in [-0.2, 0) is 10.0 Å². The summed E-state index contributed by atoms with van der Waals surface area (Å²) in [5.74, 6) is 0.218. The number of anilines is 2. The van der Waals surface area contributed by atoms with E-state index in [1.807, 2.05) is 0 Å². The monoisotopic (exact) mass is 285 g/mol. The zero-order chi connectivity index (χ0) is 13.2. The molecule has 0 aliphatic carbocycles. The average Bonchev–Trinajstić information content (AvgIpc) is 2.33. The molecule has 0 aromatic carbocycles. The van der Waals surface area contributed by atoms with Gasteiger partial charge in [-0.3, -0.25) is 4.72 Å². The highest BCUT2D eigenvalue weighted by Gasteiger charge is 2.16. The summed E-state index contributed by atoms with van der Waals surface area (Å²) in [6.45, 7) is 0. The van der Waals surface area contributed by atoms with Crippen molar-refractivity contribution in [1.29, 1.82) is 0 Å². The Labute approximate surface area is 108 Å². The van der Waals surface area contributed by atoms with Gasteiger partial charge in [0.2, 0.25) is 0 Å². The highest BCUT2D eigenvalue weighted by atomic mass is 35.5. The number of aromatic nitrogens is 3. The average molecular weight is 286 g/mol. The number of hydrogen-bond acceptors (Lipinski definition) is 6. The zero-order valence-corrected chi connectivity index (χ0v) is 10.5. The number of hydrogen-bond donors (Lipinski definition) is 2. The molecule has 18 heavy (non-hydrogen) atoms. The van der Waals surface area contributed by atoms with Gasteiger partial charge in [0, 0.05) is 12.4 Å². The van der Waals surface area contributed by atoms with Gasteiger partial charge in [0.25, 0.3) is 10.0 Å². The molecular formula is C9H8ClN5O2S. The molecule has 0 radical (unpaired) electrons. The largest absolute Gasteiger partial charge is 0.382 e. The number of nitrogens with zero attached hydrogens (tertiary/aromatic N) is 3. The number of rotatable bonds is 3. The summed E-state index contributed by atoms with van der Waals surface area (Å²) in [6, 6.07) is 2.64. The maximum Gasteiger partial charge on any atom is 0.264 e. The van der Waals surface area contributed by atoms with Crippen LogP contribution < -0.4 is 10.5 Å². The summed E-state index contributed by atoms with van der Waals surface area (Å²) >= 11 is 5.72. The van der Waals surface area contributed by atoms with Gasteiger partial charge in [-0.2, -0.15) is 0 Å². The Morgan fingerprint density at radius 3 is 2.72 bits per heavy atom. The van der Waals surface area contributed by atoms with E-state index < -0.39 is 10.0 Å². The standard InChI is InChI=1S/C9H8ClN5O2S/c10-7-3-6(4-13-9(7)11)18(16,17)15-8-1-2-12-5-14-8/h1-5H,(H2,11,13)(H,12,14,15). The van der Waals surface area contributed by atoms with Gasteiger partial charge >= 0.3 is 0 Å². The lowest BCUT2D eigenvalue weighted by molar-refractivity contribution is 0.600. The van der Waals surface area contributed by atoms with E-state index >= 15 is 0 Å². The number of nitrogen functional groups attached to an aromatic ring is 1. The van der Waals surface area contributed by atoms with E-state index in [0.717, 1.165) is 6.20 Å². The van der Waals surface area contributed by atoms with Gasteiger partial charge in [0.1, 0.15) is 22.9 Å². The van der Waals surface area contributed by atoms with Crippen LogP contribution in [0.25, 0.3) is 0 Å². The predicted octanol–water partition coefficient (Wildman–Crippen LogP) is 0.908. The van der Waals surface area contributed by atoms with Crippen molar-refractivity contribution in [3.63, 3.8) is 0 Å². The van der Waals surface area contributed by atoms with E-state index in [-0.39, 0.29) is 21.6 Å². The lowest BCUT2D eigenvalue weighted by Gasteiger charge is -2.07. The van der Waals surface area contributed by atoms with E-state index in [1.165, 1.54) is 24.7 Å². The Kier molecular flexibility index (Phi) is 3.30. The van der Waals surface area contributed by atoms with Gasteiger partial charge in [-0.15, -0.1) is 0 Å². The van der Waals surface area contributed by atoms with Crippen LogP contribution in [0.5, 0.6) is 0 Å². The van der Waals surface area contributed by atoms with Crippen molar-refractivity contribution in [2.75, 3.05) is 10.5 Å². The second kappa shape index (κ2) is 4.75. The number of nitrogens with one attached hydrogen (secondary N) is 1. The van der Waals surface area contributed by atoms with E-state index in [2.05, 4.69) is 19.7 Å². The second-order valence-electron chi connectivity index (χ2n) is 3.24. The molecule has 3 N–H and O–H groups in total. The van der Waals surface area contributed by atoms with E-state index in [4.69, 9.17) is 17.3 Å². The van der Waals surface area contributed by atoms with Crippen molar-refractivity contribution in [2.24, 2.45) is 0 Å². The summed E-state index contributed by atoms with van der Waals surface area (Å²) < 4.78 is 26.2. The van der Waals surface area contributed by atoms with E-state index in [1.54, 1.807) is 0 Å². The molecule has 0 saturated carbocycles. The third-order valence-electron chi connectivity index (χ3n) is 1.98. The summed E-state index contributed by atoms with van der Waals surface area (Å²) in [5, 5.41) is 0.0700. The summed E-state index contributed by atoms with van der Waals surface area (Å²) in [5.41, 5.74) is 5.41. The van der Waals surface area contributed by atoms with Crippen molar-refractivity contribution in [3.8, 4) is 0 Å². The van der Waals surface area contributed by atoms with Gasteiger partial charge < -0.3 is 5.73 Å². The van der Waals surface area contributed by atoms with Gasteiger partial charge in [-0.1, -0.05) is 11.6 Å². The third-order valence-corrected chi connectivity index (χ3v) is 3.60. The molecule has 0 atom stereocenters. The number of sulfonamides is 1. The first-order chi connectivity index (χ1) is 8.49. The van der Waals surface area contributed by atoms with Gasteiger partial charge in [-0.05, 0) is 12.1 Å². The van der Waals surface area contributed by atoms with Crippen LogP contribution in [0.4, 0.5) is 11.6 Å². The minimum absolute atomic E-state index is 0.0673. The molecule has 2 rings (SSSR count). The molecule has 0 amide bonds. The van der Waals surface area contributed by atoms with Crippen molar-refractivity contribution < 1.29 is 8.42 Å². The fourth-order valence-corrected chi connectivity index (χ4v) is 2.33. The quantitative estimate of drug-likeness (QED) is 0.867. The van der Waals surface area contributed by atoms with Crippen LogP contribution >= 0.6 is 11.6 Å². The number of nitrogens with two attached hydrogens (primary N) is 1. The Morgan fingerprint density at radius 1 is 1.33 bits per heavy atom. The topological polar surface area (TPSA) is 111 Å². The van der Waals surface area contributed by atoms with Crippen molar-refractivity contribution in [2.45, 2.75) is 4.90 Å². The maximum atomic E-state index is 12.0. The molecule has 0 aliphatic heterocycles. The molecule has 0 unspecified atom stereocenters. The first-order valence-corrected chi connectivity index (χ1v) is 6.55. The molecule has 2 aromatic heterocycles. The molecular weight excluding hydrogens is 278 g/mol. The zero-order valence-electron chi connectivity index (χ0n) is 8.91. The number of pyridine rings is 1. The van der Waals surface area contributed by atoms with Crippen LogP contribution in [0.15, 0.2) is 35.7 Å². The SMILES string of the molecule is Nc1ncc(S(=O)(=O)Nc2ccncn2)cc1Cl. The molecule has 0 saturated heterocycles. The van der Waals surface area contributed by atoms with Crippen LogP contribution in [0, 0.1) is 0 Å². The lowest BCUT2D eigenvalue weighted by atomic mass is 10.5. The van der Waals surface area contributed by atoms with Crippen molar-refractivity contribution in [1.82, 2.24) is 15.0 Å². The van der Waals surface area contributed by atoms with Gasteiger partial charge in [0.05, 0.1) is 5.02 Å². The summed E-state index contributed by atoms with van der Waals surface area (Å²) in [4.78, 5) is 11.0. The second-order valence-corrected chi connectivity index (χ2v) is 5.33. The lowest BCUT2D eigenvalue weighted by Crippen LogP contribution is -2.14. The van der Waals surface area contributed by atoms with E-state index in [0.29, 0.717) is 0 Å². The van der Waals surface area contributed by atoms with Crippen LogP contribution in [0.1, 0.15) is 0 Å². The summed E-state index contributed by atoms with van der Waals surface area (Å²) in [6.07, 6.45) is 3.76. The maximum absolute atomic E-state index is 12.0. The Hall–Kier alpha value is -1.93. The van der Waals surface area contributed by atoms with Crippen LogP contribution in [-0.4, -0.2) is 23.4 Å². The molecule has 0 spiro atoms. The smallest absolute Gasteiger partial charge is 0.264 e. The predicted molar refractivity (Wildman–Crippen MR) is 66.5 cm³/mol. The highest BCUT2D eigenvalue weighted by Crippen LogP contribution is 2.21. The summed E-state index contributed by atoms with van der Waals surface area (Å²) in [7, 11) is -3.80. The van der Waals surface area contributed by atoms with E-state index in [9.17, 15) is 8.42 Å². The molecule has 2 aromatic rings. The number of halogens is 1. The Balaban J connectivity index is 2.34. The van der Waals surface area contributed by atoms with Gasteiger partial charge in [0.15, 0.2) is 0 Å². The van der Waals surface area contributed by atoms with Crippen molar-refractivity contribution >= 4 is 33.3 Å². The molecule has 94 valence electrons. The molecule has 0 aliphatic rings. The molecule has 0 bridgehead atoms. The Morgan fingerprint density at radius 2 is 2.11 bits per heavy atom. The van der Waals surface area contributed by atoms with Crippen molar-refractivity contribution in [3.05, 3.63) is 35.9 Å². The molecule has 9 heteroatoms. The first kappa shape index (κ1) is 12.5. The van der Waals surface area contributed by atoms with Crippen LogP contribution in [0.3, 0.4) is 0 Å². The molecule has 0 fully saturated rings. The van der Waals surface area contributed by atoms with Gasteiger partial charge in [-0.25, -0.2) is 23.4 Å². The normalized spacial score (nSPS) is 11.2. The fraction of sp³-hybridized carbons (Fsp3) is 0. The molecule has 2 heterocycles. The van der Waals surface area contributed by atoms with Crippen LogP contribution in [0.2, 0.25) is 5.02 Å². The fourth-order valence-electron chi connectivity index (χ4n) is 1.13. The Bertz CT molecular complexity index is 662. The molecule has 7 nitrogen and oxygen atoms in total. The first-order valence-electron chi connectivity index (χ1n) is 4.69.